The highest BCUT2D eigenvalue weighted by molar-refractivity contribution is 5.55. The summed E-state index contributed by atoms with van der Waals surface area (Å²) in [6.07, 6.45) is 2.39. The number of hydrogen-bond acceptors (Lipinski definition) is 3. The number of hydrogen-bond donors (Lipinski definition) is 1. The zero-order valence-electron chi connectivity index (χ0n) is 10.1. The molecule has 1 saturated heterocycles. The van der Waals surface area contributed by atoms with Gasteiger partial charge in [0.25, 0.3) is 0 Å². The molecule has 2 N–H and O–H groups in total. The summed E-state index contributed by atoms with van der Waals surface area (Å²) in [5, 5.41) is 0. The third-order valence-electron chi connectivity index (χ3n) is 3.28. The minimum Gasteiger partial charge on any atom is -0.369 e. The van der Waals surface area contributed by atoms with Crippen LogP contribution in [0.25, 0.3) is 0 Å². The third kappa shape index (κ3) is 2.36. The van der Waals surface area contributed by atoms with E-state index in [9.17, 15) is 0 Å². The first-order valence-corrected chi connectivity index (χ1v) is 5.88. The number of aryl methyl sites for hydroxylation is 2. The molecule has 0 aromatic heterocycles. The standard InChI is InChI=1S/C13H20N2O/c1-10-5-6-11(2)13(8-10)15-7-3-4-12(9-15)16-14/h5-6,8,12H,3-4,7,9,14H2,1-2H3. The fourth-order valence-electron chi connectivity index (χ4n) is 2.33. The quantitative estimate of drug-likeness (QED) is 0.776. The van der Waals surface area contributed by atoms with Crippen LogP contribution < -0.4 is 10.8 Å². The molecule has 1 fully saturated rings. The molecule has 1 unspecified atom stereocenters. The van der Waals surface area contributed by atoms with Crippen LogP contribution in [-0.4, -0.2) is 19.2 Å². The van der Waals surface area contributed by atoms with Crippen LogP contribution in [0, 0.1) is 13.8 Å². The summed E-state index contributed by atoms with van der Waals surface area (Å²) in [4.78, 5) is 7.35. The highest BCUT2D eigenvalue weighted by Gasteiger charge is 2.21. The van der Waals surface area contributed by atoms with Crippen LogP contribution >= 0.6 is 0 Å². The van der Waals surface area contributed by atoms with Gasteiger partial charge < -0.3 is 4.90 Å². The van der Waals surface area contributed by atoms with E-state index >= 15 is 0 Å². The lowest BCUT2D eigenvalue weighted by atomic mass is 10.0. The summed E-state index contributed by atoms with van der Waals surface area (Å²) in [6.45, 7) is 6.29. The lowest BCUT2D eigenvalue weighted by Crippen LogP contribution is -2.41. The Morgan fingerprint density at radius 3 is 2.94 bits per heavy atom. The van der Waals surface area contributed by atoms with Gasteiger partial charge in [-0.1, -0.05) is 12.1 Å². The zero-order chi connectivity index (χ0) is 11.5. The number of anilines is 1. The van der Waals surface area contributed by atoms with Crippen LogP contribution in [0.2, 0.25) is 0 Å². The molecule has 1 aliphatic rings. The van der Waals surface area contributed by atoms with Gasteiger partial charge in [0.15, 0.2) is 0 Å². The van der Waals surface area contributed by atoms with E-state index in [2.05, 4.69) is 36.9 Å². The average molecular weight is 220 g/mol. The number of nitrogens with two attached hydrogens (primary N) is 1. The van der Waals surface area contributed by atoms with Crippen LogP contribution in [-0.2, 0) is 4.84 Å². The Balaban J connectivity index is 2.19. The Morgan fingerprint density at radius 2 is 2.19 bits per heavy atom. The van der Waals surface area contributed by atoms with Crippen LogP contribution in [0.1, 0.15) is 24.0 Å². The Kier molecular flexibility index (Phi) is 3.46. The van der Waals surface area contributed by atoms with Gasteiger partial charge in [0.05, 0.1) is 6.10 Å². The second-order valence-electron chi connectivity index (χ2n) is 4.64. The van der Waals surface area contributed by atoms with Gasteiger partial charge in [-0.05, 0) is 43.9 Å². The predicted octanol–water partition coefficient (Wildman–Crippen LogP) is 2.16. The lowest BCUT2D eigenvalue weighted by molar-refractivity contribution is 0.0434. The highest BCUT2D eigenvalue weighted by atomic mass is 16.6. The van der Waals surface area contributed by atoms with Crippen LogP contribution in [0.3, 0.4) is 0 Å². The van der Waals surface area contributed by atoms with Gasteiger partial charge in [-0.2, -0.15) is 0 Å². The molecule has 1 heterocycles. The molecule has 1 aromatic carbocycles. The number of benzene rings is 1. The summed E-state index contributed by atoms with van der Waals surface area (Å²) >= 11 is 0. The molecule has 0 saturated carbocycles. The van der Waals surface area contributed by atoms with Gasteiger partial charge in [-0.15, -0.1) is 0 Å². The van der Waals surface area contributed by atoms with Gasteiger partial charge in [0.2, 0.25) is 0 Å². The second kappa shape index (κ2) is 4.85. The largest absolute Gasteiger partial charge is 0.369 e. The molecule has 2 rings (SSSR count). The van der Waals surface area contributed by atoms with E-state index in [1.807, 2.05) is 0 Å². The average Bonchev–Trinajstić information content (AvgIpc) is 2.32. The van der Waals surface area contributed by atoms with Crippen molar-refractivity contribution in [3.05, 3.63) is 29.3 Å². The molecule has 1 aromatic rings. The maximum atomic E-state index is 5.28. The topological polar surface area (TPSA) is 38.5 Å². The molecule has 0 aliphatic carbocycles. The SMILES string of the molecule is Cc1ccc(C)c(N2CCCC(ON)C2)c1. The van der Waals surface area contributed by atoms with Crippen molar-refractivity contribution >= 4 is 5.69 Å². The number of rotatable bonds is 2. The van der Waals surface area contributed by atoms with Crippen molar-refractivity contribution in [1.82, 2.24) is 0 Å². The van der Waals surface area contributed by atoms with Gasteiger partial charge in [-0.25, -0.2) is 5.90 Å². The van der Waals surface area contributed by atoms with E-state index in [4.69, 9.17) is 10.7 Å². The molecule has 1 atom stereocenters. The highest BCUT2D eigenvalue weighted by Crippen LogP contribution is 2.25. The minimum absolute atomic E-state index is 0.175. The van der Waals surface area contributed by atoms with Crippen molar-refractivity contribution in [3.63, 3.8) is 0 Å². The number of nitrogens with zero attached hydrogens (tertiary/aromatic N) is 1. The molecule has 0 spiro atoms. The zero-order valence-corrected chi connectivity index (χ0v) is 10.1. The molecule has 0 radical (unpaired) electrons. The molecular formula is C13H20N2O. The van der Waals surface area contributed by atoms with Crippen LogP contribution in [0.5, 0.6) is 0 Å². The van der Waals surface area contributed by atoms with Crippen molar-refractivity contribution in [2.75, 3.05) is 18.0 Å². The van der Waals surface area contributed by atoms with E-state index in [1.54, 1.807) is 0 Å². The van der Waals surface area contributed by atoms with Gasteiger partial charge in [-0.3, -0.25) is 4.84 Å². The van der Waals surface area contributed by atoms with E-state index in [0.29, 0.717) is 0 Å². The smallest absolute Gasteiger partial charge is 0.0962 e. The van der Waals surface area contributed by atoms with Crippen molar-refractivity contribution in [3.8, 4) is 0 Å². The fourth-order valence-corrected chi connectivity index (χ4v) is 2.33. The Bertz CT molecular complexity index is 365. The summed E-state index contributed by atoms with van der Waals surface area (Å²) in [7, 11) is 0. The number of piperidine rings is 1. The van der Waals surface area contributed by atoms with Crippen molar-refractivity contribution in [2.45, 2.75) is 32.8 Å². The fraction of sp³-hybridized carbons (Fsp3) is 0.538. The van der Waals surface area contributed by atoms with E-state index in [1.165, 1.54) is 16.8 Å². The monoisotopic (exact) mass is 220 g/mol. The van der Waals surface area contributed by atoms with Gasteiger partial charge in [0, 0.05) is 18.8 Å². The molecule has 0 bridgehead atoms. The summed E-state index contributed by atoms with van der Waals surface area (Å²) < 4.78 is 0. The maximum Gasteiger partial charge on any atom is 0.0962 e. The first-order valence-electron chi connectivity index (χ1n) is 5.88. The van der Waals surface area contributed by atoms with E-state index in [-0.39, 0.29) is 6.10 Å². The molecule has 0 amide bonds. The van der Waals surface area contributed by atoms with Crippen LogP contribution in [0.15, 0.2) is 18.2 Å². The first kappa shape index (κ1) is 11.4. The van der Waals surface area contributed by atoms with Gasteiger partial charge >= 0.3 is 0 Å². The third-order valence-corrected chi connectivity index (χ3v) is 3.28. The first-order chi connectivity index (χ1) is 7.70. The normalized spacial score (nSPS) is 21.2. The van der Waals surface area contributed by atoms with E-state index < -0.39 is 0 Å². The Hall–Kier alpha value is -1.06. The maximum absolute atomic E-state index is 5.28. The van der Waals surface area contributed by atoms with Crippen molar-refractivity contribution in [2.24, 2.45) is 5.90 Å². The molecule has 3 heteroatoms. The second-order valence-corrected chi connectivity index (χ2v) is 4.64. The summed E-state index contributed by atoms with van der Waals surface area (Å²) in [5.41, 5.74) is 3.95. The Morgan fingerprint density at radius 1 is 1.38 bits per heavy atom. The van der Waals surface area contributed by atoms with E-state index in [0.717, 1.165) is 25.9 Å². The van der Waals surface area contributed by atoms with Crippen molar-refractivity contribution < 1.29 is 4.84 Å². The molecular weight excluding hydrogens is 200 g/mol. The summed E-state index contributed by atoms with van der Waals surface area (Å²) in [5.74, 6) is 5.28. The van der Waals surface area contributed by atoms with Gasteiger partial charge in [0.1, 0.15) is 0 Å². The molecule has 3 nitrogen and oxygen atoms in total. The minimum atomic E-state index is 0.175. The summed E-state index contributed by atoms with van der Waals surface area (Å²) in [6, 6.07) is 6.57. The molecule has 88 valence electrons. The predicted molar refractivity (Wildman–Crippen MR) is 66.4 cm³/mol. The molecule has 16 heavy (non-hydrogen) atoms. The lowest BCUT2D eigenvalue weighted by Gasteiger charge is -2.34. The van der Waals surface area contributed by atoms with Crippen LogP contribution in [0.4, 0.5) is 5.69 Å². The van der Waals surface area contributed by atoms with Crippen molar-refractivity contribution in [1.29, 1.82) is 0 Å². The molecule has 1 aliphatic heterocycles. The Labute approximate surface area is 97.1 Å².